The van der Waals surface area contributed by atoms with Crippen molar-refractivity contribution in [3.8, 4) is 0 Å². The molecule has 2 amide bonds. The van der Waals surface area contributed by atoms with E-state index in [1.54, 1.807) is 42.5 Å². The van der Waals surface area contributed by atoms with Gasteiger partial charge in [0.1, 0.15) is 6.04 Å². The van der Waals surface area contributed by atoms with Gasteiger partial charge in [-0.15, -0.1) is 0 Å². The highest BCUT2D eigenvalue weighted by Crippen LogP contribution is 2.20. The first-order valence-electron chi connectivity index (χ1n) is 8.35. The molecule has 0 heterocycles. The third-order valence-corrected chi connectivity index (χ3v) is 4.50. The maximum atomic E-state index is 12.8. The molecule has 0 saturated heterocycles. The van der Waals surface area contributed by atoms with Gasteiger partial charge in [-0.3, -0.25) is 9.59 Å². The van der Waals surface area contributed by atoms with E-state index >= 15 is 0 Å². The molecule has 5 heteroatoms. The summed E-state index contributed by atoms with van der Waals surface area (Å²) in [7, 11) is 0. The topological polar surface area (TPSA) is 58.2 Å². The lowest BCUT2D eigenvalue weighted by molar-refractivity contribution is -0.119. The number of anilines is 1. The van der Waals surface area contributed by atoms with Crippen LogP contribution < -0.4 is 10.6 Å². The predicted molar refractivity (Wildman–Crippen MR) is 102 cm³/mol. The first-order valence-corrected chi connectivity index (χ1v) is 8.73. The zero-order chi connectivity index (χ0) is 18.4. The summed E-state index contributed by atoms with van der Waals surface area (Å²) in [5, 5.41) is 6.37. The molecule has 0 unspecified atom stereocenters. The Bertz CT molecular complexity index is 747. The van der Waals surface area contributed by atoms with Gasteiger partial charge in [0.25, 0.3) is 5.91 Å². The van der Waals surface area contributed by atoms with E-state index in [4.69, 9.17) is 11.6 Å². The van der Waals surface area contributed by atoms with Gasteiger partial charge in [-0.05, 0) is 48.7 Å². The Balaban J connectivity index is 2.16. The Kier molecular flexibility index (Phi) is 6.59. The second-order valence-electron chi connectivity index (χ2n) is 6.15. The minimum atomic E-state index is -0.618. The number of halogens is 1. The number of benzene rings is 2. The molecule has 132 valence electrons. The van der Waals surface area contributed by atoms with Crippen LogP contribution in [0.3, 0.4) is 0 Å². The number of carbonyl (C=O) groups excluding carboxylic acids is 2. The summed E-state index contributed by atoms with van der Waals surface area (Å²) >= 11 is 5.96. The van der Waals surface area contributed by atoms with E-state index in [9.17, 15) is 9.59 Å². The van der Waals surface area contributed by atoms with E-state index in [2.05, 4.69) is 10.6 Å². The molecule has 0 aliphatic carbocycles. The zero-order valence-electron chi connectivity index (χ0n) is 14.7. The van der Waals surface area contributed by atoms with Crippen molar-refractivity contribution in [2.45, 2.75) is 33.2 Å². The molecule has 0 aromatic heterocycles. The van der Waals surface area contributed by atoms with Gasteiger partial charge in [0.15, 0.2) is 0 Å². The Morgan fingerprint density at radius 3 is 2.40 bits per heavy atom. The summed E-state index contributed by atoms with van der Waals surface area (Å²) in [5.74, 6) is -0.488. The predicted octanol–water partition coefficient (Wildman–Crippen LogP) is 4.43. The van der Waals surface area contributed by atoms with Crippen LogP contribution >= 0.6 is 11.6 Å². The Hall–Kier alpha value is -2.33. The van der Waals surface area contributed by atoms with Crippen LogP contribution in [-0.2, 0) is 4.79 Å². The molecule has 0 spiro atoms. The number of hydrogen-bond donors (Lipinski definition) is 2. The van der Waals surface area contributed by atoms with Crippen molar-refractivity contribution in [3.05, 3.63) is 64.7 Å². The van der Waals surface area contributed by atoms with Crippen LogP contribution in [0.2, 0.25) is 5.02 Å². The van der Waals surface area contributed by atoms with Crippen LogP contribution in [0, 0.1) is 12.8 Å². The molecular weight excluding hydrogens is 336 g/mol. The second kappa shape index (κ2) is 8.67. The van der Waals surface area contributed by atoms with Gasteiger partial charge < -0.3 is 10.6 Å². The molecule has 2 atom stereocenters. The minimum absolute atomic E-state index is 0.000249. The van der Waals surface area contributed by atoms with Crippen LogP contribution in [0.1, 0.15) is 36.2 Å². The van der Waals surface area contributed by atoms with Gasteiger partial charge in [-0.25, -0.2) is 0 Å². The van der Waals surface area contributed by atoms with Crippen LogP contribution in [0.4, 0.5) is 5.69 Å². The summed E-state index contributed by atoms with van der Waals surface area (Å²) in [4.78, 5) is 25.2. The maximum absolute atomic E-state index is 12.8. The molecule has 0 aliphatic rings. The molecule has 2 aromatic rings. The standard InChI is InChI=1S/C20H23ClN2O2/c1-4-13(2)18(23-19(24)15-8-6-5-7-9-15)20(25)22-17-11-10-16(21)12-14(17)3/h5-13,18H,4H2,1-3H3,(H,22,25)(H,23,24)/t13-,18-/m0/s1. The molecule has 2 N–H and O–H groups in total. The maximum Gasteiger partial charge on any atom is 0.251 e. The van der Waals surface area contributed by atoms with Crippen LogP contribution in [0.15, 0.2) is 48.5 Å². The van der Waals surface area contributed by atoms with Crippen molar-refractivity contribution >= 4 is 29.1 Å². The zero-order valence-corrected chi connectivity index (χ0v) is 15.4. The number of amides is 2. The van der Waals surface area contributed by atoms with Gasteiger partial charge in [0.05, 0.1) is 0 Å². The van der Waals surface area contributed by atoms with E-state index in [0.717, 1.165) is 12.0 Å². The van der Waals surface area contributed by atoms with Gasteiger partial charge in [-0.1, -0.05) is 50.1 Å². The Morgan fingerprint density at radius 1 is 1.12 bits per heavy atom. The molecule has 0 aliphatic heterocycles. The molecule has 0 bridgehead atoms. The lowest BCUT2D eigenvalue weighted by Gasteiger charge is -2.24. The van der Waals surface area contributed by atoms with Crippen molar-refractivity contribution in [2.24, 2.45) is 5.92 Å². The normalized spacial score (nSPS) is 13.0. The average Bonchev–Trinajstić information content (AvgIpc) is 2.61. The summed E-state index contributed by atoms with van der Waals surface area (Å²) in [6.07, 6.45) is 0.771. The van der Waals surface area contributed by atoms with E-state index in [-0.39, 0.29) is 17.7 Å². The Morgan fingerprint density at radius 2 is 1.80 bits per heavy atom. The van der Waals surface area contributed by atoms with Crippen LogP contribution in [0.5, 0.6) is 0 Å². The largest absolute Gasteiger partial charge is 0.340 e. The quantitative estimate of drug-likeness (QED) is 0.802. The summed E-state index contributed by atoms with van der Waals surface area (Å²) < 4.78 is 0. The number of carbonyl (C=O) groups is 2. The van der Waals surface area contributed by atoms with Crippen molar-refractivity contribution in [3.63, 3.8) is 0 Å². The monoisotopic (exact) mass is 358 g/mol. The molecule has 2 aromatic carbocycles. The third-order valence-electron chi connectivity index (χ3n) is 4.26. The fraction of sp³-hybridized carbons (Fsp3) is 0.300. The van der Waals surface area contributed by atoms with E-state index in [1.165, 1.54) is 0 Å². The molecular formula is C20H23ClN2O2. The van der Waals surface area contributed by atoms with Crippen molar-refractivity contribution < 1.29 is 9.59 Å². The highest BCUT2D eigenvalue weighted by Gasteiger charge is 2.26. The molecule has 0 saturated carbocycles. The number of nitrogens with one attached hydrogen (secondary N) is 2. The lowest BCUT2D eigenvalue weighted by Crippen LogP contribution is -2.47. The van der Waals surface area contributed by atoms with Crippen molar-refractivity contribution in [2.75, 3.05) is 5.32 Å². The van der Waals surface area contributed by atoms with Gasteiger partial charge in [0, 0.05) is 16.3 Å². The fourth-order valence-electron chi connectivity index (χ4n) is 2.49. The summed E-state index contributed by atoms with van der Waals surface area (Å²) in [6.45, 7) is 5.82. The van der Waals surface area contributed by atoms with Crippen molar-refractivity contribution in [1.82, 2.24) is 5.32 Å². The third kappa shape index (κ3) is 5.07. The molecule has 25 heavy (non-hydrogen) atoms. The number of rotatable bonds is 6. The first-order chi connectivity index (χ1) is 11.9. The smallest absolute Gasteiger partial charge is 0.251 e. The van der Waals surface area contributed by atoms with E-state index < -0.39 is 6.04 Å². The highest BCUT2D eigenvalue weighted by atomic mass is 35.5. The Labute approximate surface area is 153 Å². The molecule has 0 fully saturated rings. The summed E-state index contributed by atoms with van der Waals surface area (Å²) in [5.41, 5.74) is 2.10. The first kappa shape index (κ1) is 19.0. The second-order valence-corrected chi connectivity index (χ2v) is 6.59. The lowest BCUT2D eigenvalue weighted by atomic mass is 9.97. The molecule has 2 rings (SSSR count). The summed E-state index contributed by atoms with van der Waals surface area (Å²) in [6, 6.07) is 13.6. The van der Waals surface area contributed by atoms with Gasteiger partial charge >= 0.3 is 0 Å². The fourth-order valence-corrected chi connectivity index (χ4v) is 2.72. The number of aryl methyl sites for hydroxylation is 1. The van der Waals surface area contributed by atoms with Crippen LogP contribution in [-0.4, -0.2) is 17.9 Å². The number of hydrogen-bond acceptors (Lipinski definition) is 2. The molecule has 0 radical (unpaired) electrons. The average molecular weight is 359 g/mol. The van der Waals surface area contributed by atoms with Gasteiger partial charge in [-0.2, -0.15) is 0 Å². The van der Waals surface area contributed by atoms with Crippen LogP contribution in [0.25, 0.3) is 0 Å². The molecule has 4 nitrogen and oxygen atoms in total. The van der Waals surface area contributed by atoms with E-state index in [1.807, 2.05) is 26.8 Å². The van der Waals surface area contributed by atoms with Gasteiger partial charge in [0.2, 0.25) is 5.91 Å². The highest BCUT2D eigenvalue weighted by molar-refractivity contribution is 6.30. The SMILES string of the molecule is CC[C@H](C)[C@H](NC(=O)c1ccccc1)C(=O)Nc1ccc(Cl)cc1C. The van der Waals surface area contributed by atoms with E-state index in [0.29, 0.717) is 16.3 Å². The minimum Gasteiger partial charge on any atom is -0.340 e. The van der Waals surface area contributed by atoms with Crippen molar-refractivity contribution in [1.29, 1.82) is 0 Å².